The van der Waals surface area contributed by atoms with Crippen LogP contribution in [0.2, 0.25) is 0 Å². The van der Waals surface area contributed by atoms with Gasteiger partial charge in [-0.05, 0) is 25.8 Å². The molecule has 0 saturated carbocycles. The number of nitriles is 1. The molecule has 0 radical (unpaired) electrons. The molecule has 1 saturated heterocycles. The molecule has 0 atom stereocenters. The van der Waals surface area contributed by atoms with Gasteiger partial charge in [-0.25, -0.2) is 9.97 Å². The van der Waals surface area contributed by atoms with Gasteiger partial charge < -0.3 is 4.74 Å². The molecule has 1 aliphatic rings. The molecule has 0 unspecified atom stereocenters. The van der Waals surface area contributed by atoms with Gasteiger partial charge in [0.05, 0.1) is 0 Å². The Kier molecular flexibility index (Phi) is 2.93. The first-order valence-electron chi connectivity index (χ1n) is 5.13. The molecule has 4 nitrogen and oxygen atoms in total. The molecule has 0 spiro atoms. The van der Waals surface area contributed by atoms with Crippen LogP contribution in [0.1, 0.15) is 36.0 Å². The summed E-state index contributed by atoms with van der Waals surface area (Å²) < 4.78 is 5.30. The first kappa shape index (κ1) is 10.1. The minimum atomic E-state index is 0.424. The SMILES string of the molecule is Cc1nc(C#N)cc(C2CCOCC2)n1. The zero-order valence-electron chi connectivity index (χ0n) is 8.73. The molecule has 0 aromatic carbocycles. The van der Waals surface area contributed by atoms with Gasteiger partial charge in [-0.3, -0.25) is 0 Å². The van der Waals surface area contributed by atoms with Crippen molar-refractivity contribution in [2.75, 3.05) is 13.2 Å². The van der Waals surface area contributed by atoms with Crippen LogP contribution < -0.4 is 0 Å². The standard InChI is InChI=1S/C11H13N3O/c1-8-13-10(7-12)6-11(14-8)9-2-4-15-5-3-9/h6,9H,2-5H2,1H3. The lowest BCUT2D eigenvalue weighted by Gasteiger charge is -2.21. The van der Waals surface area contributed by atoms with E-state index in [1.165, 1.54) is 0 Å². The summed E-state index contributed by atoms with van der Waals surface area (Å²) >= 11 is 0. The Hall–Kier alpha value is -1.47. The third kappa shape index (κ3) is 2.31. The second kappa shape index (κ2) is 4.37. The van der Waals surface area contributed by atoms with Crippen LogP contribution >= 0.6 is 0 Å². The zero-order valence-corrected chi connectivity index (χ0v) is 8.73. The van der Waals surface area contributed by atoms with Crippen LogP contribution in [0, 0.1) is 18.3 Å². The molecule has 15 heavy (non-hydrogen) atoms. The molecule has 1 fully saturated rings. The predicted molar refractivity (Wildman–Crippen MR) is 54.3 cm³/mol. The molecule has 1 aliphatic heterocycles. The van der Waals surface area contributed by atoms with E-state index >= 15 is 0 Å². The molecule has 2 rings (SSSR count). The Morgan fingerprint density at radius 3 is 2.80 bits per heavy atom. The van der Waals surface area contributed by atoms with Crippen molar-refractivity contribution in [3.63, 3.8) is 0 Å². The first-order chi connectivity index (χ1) is 7.29. The summed E-state index contributed by atoms with van der Waals surface area (Å²) in [6, 6.07) is 3.86. The molecule has 4 heteroatoms. The number of ether oxygens (including phenoxy) is 1. The van der Waals surface area contributed by atoms with E-state index in [4.69, 9.17) is 10.00 Å². The topological polar surface area (TPSA) is 58.8 Å². The van der Waals surface area contributed by atoms with Gasteiger partial charge in [-0.1, -0.05) is 0 Å². The van der Waals surface area contributed by atoms with Gasteiger partial charge in [0, 0.05) is 24.8 Å². The van der Waals surface area contributed by atoms with Gasteiger partial charge in [0.15, 0.2) is 0 Å². The summed E-state index contributed by atoms with van der Waals surface area (Å²) in [5, 5.41) is 8.82. The molecule has 0 amide bonds. The van der Waals surface area contributed by atoms with Gasteiger partial charge in [0.1, 0.15) is 17.6 Å². The van der Waals surface area contributed by atoms with Gasteiger partial charge in [-0.2, -0.15) is 5.26 Å². The van der Waals surface area contributed by atoms with Crippen LogP contribution in [0.3, 0.4) is 0 Å². The van der Waals surface area contributed by atoms with Gasteiger partial charge in [0.2, 0.25) is 0 Å². The van der Waals surface area contributed by atoms with Gasteiger partial charge >= 0.3 is 0 Å². The van der Waals surface area contributed by atoms with Crippen molar-refractivity contribution in [3.8, 4) is 6.07 Å². The molecule has 1 aromatic rings. The van der Waals surface area contributed by atoms with Crippen molar-refractivity contribution in [2.45, 2.75) is 25.7 Å². The summed E-state index contributed by atoms with van der Waals surface area (Å²) in [4.78, 5) is 8.43. The Balaban J connectivity index is 2.27. The van der Waals surface area contributed by atoms with Crippen molar-refractivity contribution >= 4 is 0 Å². The van der Waals surface area contributed by atoms with E-state index in [0.717, 1.165) is 31.7 Å². The monoisotopic (exact) mass is 203 g/mol. The molecule has 2 heterocycles. The largest absolute Gasteiger partial charge is 0.381 e. The molecule has 78 valence electrons. The van der Waals surface area contributed by atoms with E-state index in [9.17, 15) is 0 Å². The van der Waals surface area contributed by atoms with Crippen molar-refractivity contribution in [1.82, 2.24) is 9.97 Å². The van der Waals surface area contributed by atoms with Crippen LogP contribution in [0.5, 0.6) is 0 Å². The first-order valence-corrected chi connectivity index (χ1v) is 5.13. The van der Waals surface area contributed by atoms with E-state index in [1.807, 2.05) is 6.92 Å². The fraction of sp³-hybridized carbons (Fsp3) is 0.545. The molecule has 0 N–H and O–H groups in total. The van der Waals surface area contributed by atoms with Gasteiger partial charge in [-0.15, -0.1) is 0 Å². The normalized spacial score (nSPS) is 17.3. The Labute approximate surface area is 88.9 Å². The van der Waals surface area contributed by atoms with Crippen molar-refractivity contribution < 1.29 is 4.74 Å². The summed E-state index contributed by atoms with van der Waals surface area (Å²) in [7, 11) is 0. The highest BCUT2D eigenvalue weighted by molar-refractivity contribution is 5.24. The highest BCUT2D eigenvalue weighted by Gasteiger charge is 2.18. The van der Waals surface area contributed by atoms with E-state index < -0.39 is 0 Å². The second-order valence-electron chi connectivity index (χ2n) is 3.72. The van der Waals surface area contributed by atoms with E-state index in [0.29, 0.717) is 17.4 Å². The zero-order chi connectivity index (χ0) is 10.7. The predicted octanol–water partition coefficient (Wildman–Crippen LogP) is 1.55. The van der Waals surface area contributed by atoms with E-state index in [2.05, 4.69) is 16.0 Å². The summed E-state index contributed by atoms with van der Waals surface area (Å²) in [6.45, 7) is 3.40. The van der Waals surface area contributed by atoms with Crippen LogP contribution in [-0.2, 0) is 4.74 Å². The number of aryl methyl sites for hydroxylation is 1. The maximum absolute atomic E-state index is 8.82. The molecular formula is C11H13N3O. The number of rotatable bonds is 1. The summed E-state index contributed by atoms with van der Waals surface area (Å²) in [6.07, 6.45) is 1.97. The Bertz CT molecular complexity index is 391. The fourth-order valence-corrected chi connectivity index (χ4v) is 1.85. The lowest BCUT2D eigenvalue weighted by molar-refractivity contribution is 0.0844. The highest BCUT2D eigenvalue weighted by atomic mass is 16.5. The Morgan fingerprint density at radius 2 is 2.13 bits per heavy atom. The van der Waals surface area contributed by atoms with Gasteiger partial charge in [0.25, 0.3) is 0 Å². The number of aromatic nitrogens is 2. The quantitative estimate of drug-likeness (QED) is 0.694. The summed E-state index contributed by atoms with van der Waals surface area (Å²) in [5.41, 5.74) is 1.45. The Morgan fingerprint density at radius 1 is 1.40 bits per heavy atom. The van der Waals surface area contributed by atoms with Crippen LogP contribution in [0.15, 0.2) is 6.07 Å². The maximum Gasteiger partial charge on any atom is 0.144 e. The van der Waals surface area contributed by atoms with Crippen LogP contribution in [-0.4, -0.2) is 23.2 Å². The minimum absolute atomic E-state index is 0.424. The maximum atomic E-state index is 8.82. The number of hydrogen-bond acceptors (Lipinski definition) is 4. The van der Waals surface area contributed by atoms with Crippen LogP contribution in [0.25, 0.3) is 0 Å². The summed E-state index contributed by atoms with van der Waals surface area (Å²) in [5.74, 6) is 1.10. The third-order valence-corrected chi connectivity index (χ3v) is 2.61. The minimum Gasteiger partial charge on any atom is -0.381 e. The lowest BCUT2D eigenvalue weighted by Crippen LogP contribution is -2.16. The number of nitrogens with zero attached hydrogens (tertiary/aromatic N) is 3. The fourth-order valence-electron chi connectivity index (χ4n) is 1.85. The second-order valence-corrected chi connectivity index (χ2v) is 3.72. The highest BCUT2D eigenvalue weighted by Crippen LogP contribution is 2.25. The smallest absolute Gasteiger partial charge is 0.144 e. The molecule has 1 aromatic heterocycles. The molecule has 0 aliphatic carbocycles. The average Bonchev–Trinajstić information content (AvgIpc) is 2.29. The van der Waals surface area contributed by atoms with Crippen molar-refractivity contribution in [3.05, 3.63) is 23.3 Å². The lowest BCUT2D eigenvalue weighted by atomic mass is 9.96. The molecular weight excluding hydrogens is 190 g/mol. The van der Waals surface area contributed by atoms with Crippen molar-refractivity contribution in [1.29, 1.82) is 5.26 Å². The number of hydrogen-bond donors (Lipinski definition) is 0. The van der Waals surface area contributed by atoms with E-state index in [-0.39, 0.29) is 0 Å². The van der Waals surface area contributed by atoms with E-state index in [1.54, 1.807) is 6.07 Å². The van der Waals surface area contributed by atoms with Crippen LogP contribution in [0.4, 0.5) is 0 Å². The molecule has 0 bridgehead atoms. The average molecular weight is 203 g/mol. The third-order valence-electron chi connectivity index (χ3n) is 2.61. The van der Waals surface area contributed by atoms with Crippen molar-refractivity contribution in [2.24, 2.45) is 0 Å².